The van der Waals surface area contributed by atoms with Gasteiger partial charge in [0.05, 0.1) is 5.69 Å². The van der Waals surface area contributed by atoms with Gasteiger partial charge in [0.25, 0.3) is 5.91 Å². The standard InChI is InChI=1S/C20H21FN4O/c1-15(24(2)17-6-4-3-5-7-17)14-22-20(26)19-12-13-25(23-19)18-10-8-16(21)9-11-18/h3-13,15H,14H2,1-2H3,(H,22,26)/t15-/m1/s1. The molecule has 0 saturated carbocycles. The average molecular weight is 352 g/mol. The molecule has 0 aliphatic carbocycles. The van der Waals surface area contributed by atoms with Gasteiger partial charge in [-0.25, -0.2) is 9.07 Å². The highest BCUT2D eigenvalue weighted by atomic mass is 19.1. The predicted octanol–water partition coefficient (Wildman–Crippen LogP) is 3.27. The first-order chi connectivity index (χ1) is 12.5. The molecule has 0 spiro atoms. The minimum Gasteiger partial charge on any atom is -0.370 e. The fraction of sp³-hybridized carbons (Fsp3) is 0.200. The Morgan fingerprint density at radius 2 is 1.85 bits per heavy atom. The molecule has 1 aromatic heterocycles. The second kappa shape index (κ2) is 7.82. The lowest BCUT2D eigenvalue weighted by atomic mass is 10.2. The van der Waals surface area contributed by atoms with E-state index in [1.165, 1.54) is 12.1 Å². The number of rotatable bonds is 6. The average Bonchev–Trinajstić information content (AvgIpc) is 3.16. The zero-order valence-corrected chi connectivity index (χ0v) is 14.8. The SMILES string of the molecule is C[C@H](CNC(=O)c1ccn(-c2ccc(F)cc2)n1)N(C)c1ccccc1. The van der Waals surface area contributed by atoms with Crippen LogP contribution in [0.5, 0.6) is 0 Å². The van der Waals surface area contributed by atoms with Gasteiger partial charge < -0.3 is 10.2 Å². The summed E-state index contributed by atoms with van der Waals surface area (Å²) < 4.78 is 14.6. The van der Waals surface area contributed by atoms with Crippen LogP contribution in [0.25, 0.3) is 5.69 Å². The number of carbonyl (C=O) groups excluding carboxylic acids is 1. The number of aromatic nitrogens is 2. The number of benzene rings is 2. The van der Waals surface area contributed by atoms with Gasteiger partial charge in [0.1, 0.15) is 5.82 Å². The van der Waals surface area contributed by atoms with Crippen LogP contribution in [-0.2, 0) is 0 Å². The van der Waals surface area contributed by atoms with E-state index in [4.69, 9.17) is 0 Å². The lowest BCUT2D eigenvalue weighted by Gasteiger charge is -2.27. The summed E-state index contributed by atoms with van der Waals surface area (Å²) in [6.07, 6.45) is 1.68. The quantitative estimate of drug-likeness (QED) is 0.741. The largest absolute Gasteiger partial charge is 0.370 e. The first-order valence-electron chi connectivity index (χ1n) is 8.42. The second-order valence-corrected chi connectivity index (χ2v) is 6.13. The molecule has 0 radical (unpaired) electrons. The van der Waals surface area contributed by atoms with Crippen LogP contribution in [0.1, 0.15) is 17.4 Å². The maximum Gasteiger partial charge on any atom is 0.271 e. The highest BCUT2D eigenvalue weighted by Crippen LogP contribution is 2.14. The van der Waals surface area contributed by atoms with Gasteiger partial charge in [0.15, 0.2) is 5.69 Å². The highest BCUT2D eigenvalue weighted by molar-refractivity contribution is 5.92. The number of hydrogen-bond acceptors (Lipinski definition) is 3. The normalized spacial score (nSPS) is 11.8. The van der Waals surface area contributed by atoms with Crippen molar-refractivity contribution >= 4 is 11.6 Å². The van der Waals surface area contributed by atoms with Crippen molar-refractivity contribution in [2.75, 3.05) is 18.5 Å². The van der Waals surface area contributed by atoms with Gasteiger partial charge in [-0.1, -0.05) is 18.2 Å². The molecule has 0 saturated heterocycles. The Hall–Kier alpha value is -3.15. The molecule has 0 bridgehead atoms. The number of carbonyl (C=O) groups is 1. The molecule has 26 heavy (non-hydrogen) atoms. The maximum absolute atomic E-state index is 13.0. The van der Waals surface area contributed by atoms with Gasteiger partial charge >= 0.3 is 0 Å². The molecule has 0 unspecified atom stereocenters. The Labute approximate surface area is 152 Å². The number of likely N-dealkylation sites (N-methyl/N-ethyl adjacent to an activating group) is 1. The number of hydrogen-bond donors (Lipinski definition) is 1. The van der Waals surface area contributed by atoms with Crippen molar-refractivity contribution < 1.29 is 9.18 Å². The molecule has 0 fully saturated rings. The predicted molar refractivity (Wildman–Crippen MR) is 100 cm³/mol. The van der Waals surface area contributed by atoms with Crippen LogP contribution in [0.4, 0.5) is 10.1 Å². The fourth-order valence-corrected chi connectivity index (χ4v) is 2.57. The fourth-order valence-electron chi connectivity index (χ4n) is 2.57. The van der Waals surface area contributed by atoms with Crippen molar-refractivity contribution in [2.24, 2.45) is 0 Å². The number of para-hydroxylation sites is 1. The van der Waals surface area contributed by atoms with Crippen LogP contribution in [0, 0.1) is 5.82 Å². The van der Waals surface area contributed by atoms with Crippen LogP contribution >= 0.6 is 0 Å². The zero-order chi connectivity index (χ0) is 18.5. The molecule has 1 amide bonds. The van der Waals surface area contributed by atoms with Crippen LogP contribution in [-0.4, -0.2) is 35.3 Å². The molecular formula is C20H21FN4O. The smallest absolute Gasteiger partial charge is 0.271 e. The van der Waals surface area contributed by atoms with E-state index in [2.05, 4.69) is 15.3 Å². The molecule has 1 N–H and O–H groups in total. The van der Waals surface area contributed by atoms with E-state index in [1.807, 2.05) is 44.3 Å². The van der Waals surface area contributed by atoms with Gasteiger partial charge in [-0.3, -0.25) is 4.79 Å². The van der Waals surface area contributed by atoms with Gasteiger partial charge in [0.2, 0.25) is 0 Å². The third-order valence-electron chi connectivity index (χ3n) is 4.30. The number of nitrogens with zero attached hydrogens (tertiary/aromatic N) is 3. The van der Waals surface area contributed by atoms with Crippen LogP contribution in [0.3, 0.4) is 0 Å². The van der Waals surface area contributed by atoms with Crippen molar-refractivity contribution in [2.45, 2.75) is 13.0 Å². The van der Waals surface area contributed by atoms with Crippen molar-refractivity contribution in [3.05, 3.63) is 78.4 Å². The molecule has 1 atom stereocenters. The Balaban J connectivity index is 1.59. The van der Waals surface area contributed by atoms with Gasteiger partial charge in [-0.15, -0.1) is 0 Å². The van der Waals surface area contributed by atoms with Crippen molar-refractivity contribution in [1.82, 2.24) is 15.1 Å². The van der Waals surface area contributed by atoms with E-state index in [-0.39, 0.29) is 17.8 Å². The summed E-state index contributed by atoms with van der Waals surface area (Å²) in [6.45, 7) is 2.54. The summed E-state index contributed by atoms with van der Waals surface area (Å²) in [5.41, 5.74) is 2.11. The van der Waals surface area contributed by atoms with Gasteiger partial charge in [0, 0.05) is 31.5 Å². The molecule has 134 valence electrons. The minimum absolute atomic E-state index is 0.125. The highest BCUT2D eigenvalue weighted by Gasteiger charge is 2.14. The Bertz CT molecular complexity index is 861. The Morgan fingerprint density at radius 1 is 1.15 bits per heavy atom. The first-order valence-corrected chi connectivity index (χ1v) is 8.42. The number of halogens is 1. The molecule has 5 nitrogen and oxygen atoms in total. The third-order valence-corrected chi connectivity index (χ3v) is 4.30. The minimum atomic E-state index is -0.310. The Kier molecular flexibility index (Phi) is 5.31. The van der Waals surface area contributed by atoms with Crippen LogP contribution in [0.15, 0.2) is 66.9 Å². The molecule has 3 aromatic rings. The molecular weight excluding hydrogens is 331 g/mol. The third kappa shape index (κ3) is 4.08. The number of anilines is 1. The first kappa shape index (κ1) is 17.7. The second-order valence-electron chi connectivity index (χ2n) is 6.13. The lowest BCUT2D eigenvalue weighted by Crippen LogP contribution is -2.40. The summed E-state index contributed by atoms with van der Waals surface area (Å²) in [7, 11) is 2.00. The van der Waals surface area contributed by atoms with E-state index in [0.29, 0.717) is 17.9 Å². The Morgan fingerprint density at radius 3 is 2.54 bits per heavy atom. The number of amides is 1. The van der Waals surface area contributed by atoms with Crippen LogP contribution < -0.4 is 10.2 Å². The lowest BCUT2D eigenvalue weighted by molar-refractivity contribution is 0.0946. The number of nitrogens with one attached hydrogen (secondary N) is 1. The monoisotopic (exact) mass is 352 g/mol. The van der Waals surface area contributed by atoms with E-state index in [1.54, 1.807) is 29.1 Å². The van der Waals surface area contributed by atoms with Crippen LogP contribution in [0.2, 0.25) is 0 Å². The summed E-state index contributed by atoms with van der Waals surface area (Å²) in [5.74, 6) is -0.547. The molecule has 3 rings (SSSR count). The van der Waals surface area contributed by atoms with E-state index < -0.39 is 0 Å². The molecule has 2 aromatic carbocycles. The van der Waals surface area contributed by atoms with Gasteiger partial charge in [-0.2, -0.15) is 5.10 Å². The summed E-state index contributed by atoms with van der Waals surface area (Å²) in [5, 5.41) is 7.17. The van der Waals surface area contributed by atoms with E-state index >= 15 is 0 Å². The summed E-state index contributed by atoms with van der Waals surface area (Å²) in [6, 6.07) is 17.7. The molecule has 0 aliphatic heterocycles. The molecule has 1 heterocycles. The summed E-state index contributed by atoms with van der Waals surface area (Å²) >= 11 is 0. The van der Waals surface area contributed by atoms with Crippen molar-refractivity contribution in [1.29, 1.82) is 0 Å². The van der Waals surface area contributed by atoms with Crippen molar-refractivity contribution in [3.8, 4) is 5.69 Å². The van der Waals surface area contributed by atoms with E-state index in [0.717, 1.165) is 5.69 Å². The topological polar surface area (TPSA) is 50.2 Å². The van der Waals surface area contributed by atoms with E-state index in [9.17, 15) is 9.18 Å². The maximum atomic E-state index is 13.0. The summed E-state index contributed by atoms with van der Waals surface area (Å²) in [4.78, 5) is 14.5. The van der Waals surface area contributed by atoms with Gasteiger partial charge in [-0.05, 0) is 49.4 Å². The molecule has 6 heteroatoms. The molecule has 0 aliphatic rings. The zero-order valence-electron chi connectivity index (χ0n) is 14.8. The van der Waals surface area contributed by atoms with Crippen molar-refractivity contribution in [3.63, 3.8) is 0 Å².